The van der Waals surface area contributed by atoms with Crippen LogP contribution in [0.3, 0.4) is 0 Å². The number of hydrogen-bond acceptors (Lipinski definition) is 3. The van der Waals surface area contributed by atoms with Crippen LogP contribution in [0.25, 0.3) is 22.6 Å². The van der Waals surface area contributed by atoms with Crippen molar-refractivity contribution in [1.82, 2.24) is 15.0 Å². The van der Waals surface area contributed by atoms with E-state index in [4.69, 9.17) is 0 Å². The number of imidazole rings is 1. The highest BCUT2D eigenvalue weighted by Crippen LogP contribution is 2.24. The summed E-state index contributed by atoms with van der Waals surface area (Å²) in [6, 6.07) is 10.2. The van der Waals surface area contributed by atoms with Gasteiger partial charge in [-0.2, -0.15) is 0 Å². The molecule has 94 valence electrons. The van der Waals surface area contributed by atoms with E-state index in [1.807, 2.05) is 30.7 Å². The smallest absolute Gasteiger partial charge is 0.154 e. The van der Waals surface area contributed by atoms with Gasteiger partial charge in [-0.15, -0.1) is 0 Å². The van der Waals surface area contributed by atoms with Crippen LogP contribution in [-0.2, 0) is 0 Å². The predicted molar refractivity (Wildman–Crippen MR) is 76.6 cm³/mol. The fourth-order valence-corrected chi connectivity index (χ4v) is 2.36. The number of hydrogen-bond donors (Lipinski definition) is 2. The summed E-state index contributed by atoms with van der Waals surface area (Å²) in [6.07, 6.45) is 3.79. The lowest BCUT2D eigenvalue weighted by atomic mass is 10.2. The van der Waals surface area contributed by atoms with Crippen molar-refractivity contribution in [3.63, 3.8) is 0 Å². The number of H-pyrrole nitrogens is 2. The molecule has 5 heteroatoms. The molecule has 0 unspecified atom stereocenters. The number of aromatic nitrogens is 3. The number of nitrogens with one attached hydrogen (secondary N) is 2. The van der Waals surface area contributed by atoms with Crippen LogP contribution in [-0.4, -0.2) is 34.4 Å². The fraction of sp³-hybridized carbons (Fsp3) is 0.143. The molecule has 4 rings (SSSR count). The molecule has 1 aromatic carbocycles. The monoisotopic (exact) mass is 251 g/mol. The van der Waals surface area contributed by atoms with E-state index in [0.717, 1.165) is 41.3 Å². The van der Waals surface area contributed by atoms with Crippen molar-refractivity contribution in [1.29, 1.82) is 0 Å². The molecule has 0 atom stereocenters. The van der Waals surface area contributed by atoms with E-state index in [0.29, 0.717) is 0 Å². The van der Waals surface area contributed by atoms with Crippen LogP contribution in [0.1, 0.15) is 0 Å². The van der Waals surface area contributed by atoms with E-state index in [1.165, 1.54) is 0 Å². The zero-order chi connectivity index (χ0) is 12.7. The molecule has 0 fully saturated rings. The second-order valence-electron chi connectivity index (χ2n) is 4.59. The minimum absolute atomic E-state index is 0.868. The minimum Gasteiger partial charge on any atom is -0.359 e. The maximum atomic E-state index is 4.58. The number of aliphatic imine (C=N–C) groups is 1. The highest BCUT2D eigenvalue weighted by atomic mass is 15.2. The molecule has 0 saturated carbocycles. The fourth-order valence-electron chi connectivity index (χ4n) is 2.36. The van der Waals surface area contributed by atoms with Gasteiger partial charge in [0, 0.05) is 18.4 Å². The number of aromatic amines is 2. The normalized spacial score (nSPS) is 14.6. The van der Waals surface area contributed by atoms with Crippen LogP contribution < -0.4 is 4.90 Å². The van der Waals surface area contributed by atoms with Crippen molar-refractivity contribution >= 4 is 23.1 Å². The molecule has 1 aliphatic rings. The van der Waals surface area contributed by atoms with Crippen LogP contribution in [0.4, 0.5) is 5.69 Å². The minimum atomic E-state index is 0.868. The molecule has 1 aliphatic heterocycles. The highest BCUT2D eigenvalue weighted by molar-refractivity contribution is 5.88. The van der Waals surface area contributed by atoms with Gasteiger partial charge in [0.15, 0.2) is 5.82 Å². The molecule has 2 aromatic heterocycles. The quantitative estimate of drug-likeness (QED) is 0.734. The van der Waals surface area contributed by atoms with Crippen LogP contribution in [0.2, 0.25) is 0 Å². The van der Waals surface area contributed by atoms with Gasteiger partial charge in [-0.25, -0.2) is 4.98 Å². The maximum Gasteiger partial charge on any atom is 0.154 e. The molecule has 5 nitrogen and oxygen atoms in total. The lowest BCUT2D eigenvalue weighted by molar-refractivity contribution is 1.02. The molecule has 0 radical (unpaired) electrons. The van der Waals surface area contributed by atoms with Crippen molar-refractivity contribution in [3.05, 3.63) is 36.5 Å². The Hall–Kier alpha value is -2.56. The van der Waals surface area contributed by atoms with Gasteiger partial charge >= 0.3 is 0 Å². The summed E-state index contributed by atoms with van der Waals surface area (Å²) < 4.78 is 0. The molecule has 0 bridgehead atoms. The van der Waals surface area contributed by atoms with Crippen LogP contribution >= 0.6 is 0 Å². The Morgan fingerprint density at radius 2 is 2.21 bits per heavy atom. The third-order valence-corrected chi connectivity index (χ3v) is 3.34. The van der Waals surface area contributed by atoms with Gasteiger partial charge in [-0.05, 0) is 30.3 Å². The Kier molecular flexibility index (Phi) is 2.17. The predicted octanol–water partition coefficient (Wildman–Crippen LogP) is 2.41. The van der Waals surface area contributed by atoms with E-state index in [9.17, 15) is 0 Å². The summed E-state index contributed by atoms with van der Waals surface area (Å²) in [6.45, 7) is 1.82. The molecule has 2 N–H and O–H groups in total. The second-order valence-corrected chi connectivity index (χ2v) is 4.59. The van der Waals surface area contributed by atoms with Gasteiger partial charge < -0.3 is 14.9 Å². The Morgan fingerprint density at radius 1 is 1.21 bits per heavy atom. The summed E-state index contributed by atoms with van der Waals surface area (Å²) in [5.74, 6) is 0.868. The van der Waals surface area contributed by atoms with E-state index in [-0.39, 0.29) is 0 Å². The first-order valence-corrected chi connectivity index (χ1v) is 6.30. The van der Waals surface area contributed by atoms with Crippen molar-refractivity contribution in [2.75, 3.05) is 18.0 Å². The zero-order valence-electron chi connectivity index (χ0n) is 10.3. The van der Waals surface area contributed by atoms with Gasteiger partial charge in [0.1, 0.15) is 0 Å². The number of rotatable bonds is 2. The third-order valence-electron chi connectivity index (χ3n) is 3.34. The standard InChI is InChI=1S/C14H13N5/c1-2-12(16-5-1)14-17-11-4-3-10(8-13(11)18-14)19-7-6-15-9-19/h1-5,8-9,16H,6-7H2,(H,17,18). The highest BCUT2D eigenvalue weighted by Gasteiger charge is 2.11. The summed E-state index contributed by atoms with van der Waals surface area (Å²) in [5, 5.41) is 0. The summed E-state index contributed by atoms with van der Waals surface area (Å²) in [4.78, 5) is 17.5. The van der Waals surface area contributed by atoms with Crippen LogP contribution in [0.5, 0.6) is 0 Å². The van der Waals surface area contributed by atoms with E-state index in [2.05, 4.69) is 37.0 Å². The van der Waals surface area contributed by atoms with E-state index >= 15 is 0 Å². The van der Waals surface area contributed by atoms with Gasteiger partial charge in [0.2, 0.25) is 0 Å². The molecule has 0 saturated heterocycles. The summed E-state index contributed by atoms with van der Waals surface area (Å²) in [5.41, 5.74) is 4.17. The molecule has 0 spiro atoms. The average Bonchev–Trinajstić information content (AvgIpc) is 3.18. The van der Waals surface area contributed by atoms with Crippen molar-refractivity contribution in [2.24, 2.45) is 4.99 Å². The summed E-state index contributed by atoms with van der Waals surface area (Å²) in [7, 11) is 0. The molecule has 0 amide bonds. The largest absolute Gasteiger partial charge is 0.359 e. The molecule has 3 aromatic rings. The first-order valence-electron chi connectivity index (χ1n) is 6.30. The van der Waals surface area contributed by atoms with Crippen molar-refractivity contribution in [3.8, 4) is 11.5 Å². The topological polar surface area (TPSA) is 60.1 Å². The van der Waals surface area contributed by atoms with Crippen molar-refractivity contribution in [2.45, 2.75) is 0 Å². The first-order chi connectivity index (χ1) is 9.40. The van der Waals surface area contributed by atoms with Crippen molar-refractivity contribution < 1.29 is 0 Å². The van der Waals surface area contributed by atoms with Gasteiger partial charge in [0.25, 0.3) is 0 Å². The Labute approximate surface area is 110 Å². The van der Waals surface area contributed by atoms with E-state index in [1.54, 1.807) is 0 Å². The molecular formula is C14H13N5. The van der Waals surface area contributed by atoms with Gasteiger partial charge in [-0.3, -0.25) is 4.99 Å². The number of benzene rings is 1. The molecule has 19 heavy (non-hydrogen) atoms. The third kappa shape index (κ3) is 1.71. The Bertz CT molecular complexity index is 738. The van der Waals surface area contributed by atoms with E-state index < -0.39 is 0 Å². The molecule has 3 heterocycles. The first kappa shape index (κ1) is 10.4. The number of nitrogens with zero attached hydrogens (tertiary/aromatic N) is 3. The SMILES string of the molecule is C1=NCCN1c1ccc2nc(-c3ccc[nH]3)[nH]c2c1. The number of anilines is 1. The second kappa shape index (κ2) is 3.98. The Morgan fingerprint density at radius 3 is 3.00 bits per heavy atom. The van der Waals surface area contributed by atoms with Gasteiger partial charge in [0.05, 0.1) is 29.6 Å². The molecular weight excluding hydrogens is 238 g/mol. The maximum absolute atomic E-state index is 4.58. The average molecular weight is 251 g/mol. The van der Waals surface area contributed by atoms with Crippen LogP contribution in [0.15, 0.2) is 41.5 Å². The lowest BCUT2D eigenvalue weighted by Crippen LogP contribution is -2.17. The summed E-state index contributed by atoms with van der Waals surface area (Å²) >= 11 is 0. The zero-order valence-corrected chi connectivity index (χ0v) is 10.3. The Balaban J connectivity index is 1.79. The van der Waals surface area contributed by atoms with Gasteiger partial charge in [-0.1, -0.05) is 0 Å². The molecule has 0 aliphatic carbocycles. The lowest BCUT2D eigenvalue weighted by Gasteiger charge is -2.13. The van der Waals surface area contributed by atoms with Crippen LogP contribution in [0, 0.1) is 0 Å². The number of fused-ring (bicyclic) bond motifs is 1.